The van der Waals surface area contributed by atoms with E-state index < -0.39 is 5.60 Å². The molecular formula is C22H32N6O2S. The number of aliphatic imine (C=N–C) groups is 1. The Kier molecular flexibility index (Phi) is 7.86. The fraction of sp³-hybridized carbons (Fsp3) is 0.500. The fourth-order valence-electron chi connectivity index (χ4n) is 3.65. The van der Waals surface area contributed by atoms with E-state index in [0.29, 0.717) is 25.6 Å². The van der Waals surface area contributed by atoms with Crippen molar-refractivity contribution in [1.82, 2.24) is 15.6 Å². The van der Waals surface area contributed by atoms with Crippen LogP contribution >= 0.6 is 11.3 Å². The number of carbonyl (C=O) groups is 1. The molecule has 1 aliphatic rings. The zero-order valence-electron chi connectivity index (χ0n) is 18.2. The van der Waals surface area contributed by atoms with E-state index in [2.05, 4.69) is 20.5 Å². The minimum Gasteiger partial charge on any atom is -0.384 e. The number of hydrogen-bond donors (Lipinski definition) is 4. The second-order valence-electron chi connectivity index (χ2n) is 7.98. The van der Waals surface area contributed by atoms with Crippen LogP contribution in [0.3, 0.4) is 0 Å². The average molecular weight is 445 g/mol. The van der Waals surface area contributed by atoms with Crippen molar-refractivity contribution >= 4 is 29.0 Å². The molecule has 9 heteroatoms. The molecular weight excluding hydrogens is 412 g/mol. The number of anilines is 1. The van der Waals surface area contributed by atoms with Gasteiger partial charge in [-0.05, 0) is 55.1 Å². The van der Waals surface area contributed by atoms with Crippen molar-refractivity contribution < 1.29 is 9.90 Å². The summed E-state index contributed by atoms with van der Waals surface area (Å²) >= 11 is 1.56. The molecule has 168 valence electrons. The molecule has 0 aromatic carbocycles. The molecule has 8 nitrogen and oxygen atoms in total. The molecule has 1 fully saturated rings. The summed E-state index contributed by atoms with van der Waals surface area (Å²) in [6.07, 6.45) is 3.27. The molecule has 2 aromatic rings. The van der Waals surface area contributed by atoms with Gasteiger partial charge in [0.15, 0.2) is 5.96 Å². The normalized spacial score (nSPS) is 17.3. The Balaban J connectivity index is 1.66. The maximum Gasteiger partial charge on any atom is 0.220 e. The number of primary amides is 1. The van der Waals surface area contributed by atoms with E-state index in [-0.39, 0.29) is 11.8 Å². The molecule has 0 aliphatic carbocycles. The number of nitrogens with two attached hydrogens (primary N) is 1. The predicted octanol–water partition coefficient (Wildman–Crippen LogP) is 1.81. The number of aromatic nitrogens is 1. The third-order valence-corrected chi connectivity index (χ3v) is 6.24. The van der Waals surface area contributed by atoms with Crippen LogP contribution in [0.15, 0.2) is 40.1 Å². The second kappa shape index (κ2) is 10.6. The summed E-state index contributed by atoms with van der Waals surface area (Å²) in [4.78, 5) is 22.9. The molecule has 1 aliphatic heterocycles. The van der Waals surface area contributed by atoms with Gasteiger partial charge in [-0.1, -0.05) is 6.07 Å². The van der Waals surface area contributed by atoms with Crippen molar-refractivity contribution in [2.45, 2.75) is 38.8 Å². The first kappa shape index (κ1) is 23.0. The SMILES string of the molecule is CCNC(=NCc1cccnc1N1CCC(C(N)=O)CC1)NCC(C)(O)c1ccsc1. The highest BCUT2D eigenvalue weighted by molar-refractivity contribution is 7.08. The van der Waals surface area contributed by atoms with Crippen molar-refractivity contribution in [3.05, 3.63) is 46.3 Å². The van der Waals surface area contributed by atoms with Gasteiger partial charge in [0.2, 0.25) is 5.91 Å². The summed E-state index contributed by atoms with van der Waals surface area (Å²) in [5, 5.41) is 21.2. The largest absolute Gasteiger partial charge is 0.384 e. The van der Waals surface area contributed by atoms with E-state index in [9.17, 15) is 9.90 Å². The Bertz CT molecular complexity index is 876. The molecule has 1 atom stereocenters. The molecule has 1 saturated heterocycles. The van der Waals surface area contributed by atoms with Crippen molar-refractivity contribution in [3.63, 3.8) is 0 Å². The summed E-state index contributed by atoms with van der Waals surface area (Å²) in [5.41, 5.74) is 6.37. The van der Waals surface area contributed by atoms with Gasteiger partial charge in [0.05, 0.1) is 13.1 Å². The number of guanidine groups is 1. The summed E-state index contributed by atoms with van der Waals surface area (Å²) in [5.74, 6) is 1.27. The van der Waals surface area contributed by atoms with Crippen molar-refractivity contribution in [2.75, 3.05) is 31.1 Å². The first-order valence-corrected chi connectivity index (χ1v) is 11.6. The van der Waals surface area contributed by atoms with Gasteiger partial charge in [0.25, 0.3) is 0 Å². The Morgan fingerprint density at radius 2 is 2.16 bits per heavy atom. The van der Waals surface area contributed by atoms with Gasteiger partial charge >= 0.3 is 0 Å². The van der Waals surface area contributed by atoms with E-state index in [0.717, 1.165) is 42.9 Å². The summed E-state index contributed by atoms with van der Waals surface area (Å²) in [6.45, 7) is 6.82. The Labute approximate surface area is 187 Å². The van der Waals surface area contributed by atoms with Crippen LogP contribution in [0.2, 0.25) is 0 Å². The van der Waals surface area contributed by atoms with Crippen molar-refractivity contribution in [2.24, 2.45) is 16.6 Å². The first-order chi connectivity index (χ1) is 14.9. The summed E-state index contributed by atoms with van der Waals surface area (Å²) < 4.78 is 0. The van der Waals surface area contributed by atoms with E-state index in [4.69, 9.17) is 10.7 Å². The molecule has 3 heterocycles. The lowest BCUT2D eigenvalue weighted by atomic mass is 9.96. The molecule has 0 bridgehead atoms. The van der Waals surface area contributed by atoms with Gasteiger partial charge in [0, 0.05) is 37.3 Å². The number of carbonyl (C=O) groups excluding carboxylic acids is 1. The maximum absolute atomic E-state index is 11.4. The van der Waals surface area contributed by atoms with Gasteiger partial charge in [-0.25, -0.2) is 9.98 Å². The Morgan fingerprint density at radius 3 is 2.81 bits per heavy atom. The van der Waals surface area contributed by atoms with Crippen LogP contribution in [0, 0.1) is 5.92 Å². The topological polar surface area (TPSA) is 116 Å². The maximum atomic E-state index is 11.4. The van der Waals surface area contributed by atoms with Gasteiger partial charge in [0.1, 0.15) is 11.4 Å². The van der Waals surface area contributed by atoms with Crippen LogP contribution in [0.5, 0.6) is 0 Å². The van der Waals surface area contributed by atoms with Crippen LogP contribution in [0.4, 0.5) is 5.82 Å². The van der Waals surface area contributed by atoms with Crippen molar-refractivity contribution in [3.8, 4) is 0 Å². The minimum atomic E-state index is -0.986. The number of piperidine rings is 1. The van der Waals surface area contributed by atoms with E-state index in [1.807, 2.05) is 35.9 Å². The highest BCUT2D eigenvalue weighted by Gasteiger charge is 2.25. The van der Waals surface area contributed by atoms with Gasteiger partial charge in [-0.2, -0.15) is 11.3 Å². The monoisotopic (exact) mass is 444 g/mol. The predicted molar refractivity (Wildman–Crippen MR) is 125 cm³/mol. The number of rotatable bonds is 8. The lowest BCUT2D eigenvalue weighted by Gasteiger charge is -2.32. The Hall–Kier alpha value is -2.65. The number of nitrogens with one attached hydrogen (secondary N) is 2. The number of hydrogen-bond acceptors (Lipinski definition) is 6. The van der Waals surface area contributed by atoms with Crippen LogP contribution in [-0.4, -0.2) is 48.1 Å². The minimum absolute atomic E-state index is 0.0537. The number of thiophene rings is 1. The zero-order chi connectivity index (χ0) is 22.3. The molecule has 0 saturated carbocycles. The Morgan fingerprint density at radius 1 is 1.39 bits per heavy atom. The molecule has 31 heavy (non-hydrogen) atoms. The second-order valence-corrected chi connectivity index (χ2v) is 8.76. The van der Waals surface area contributed by atoms with E-state index in [1.54, 1.807) is 24.5 Å². The summed E-state index contributed by atoms with van der Waals surface area (Å²) in [7, 11) is 0. The fourth-order valence-corrected chi connectivity index (χ4v) is 4.43. The molecule has 1 amide bonds. The number of pyridine rings is 1. The van der Waals surface area contributed by atoms with E-state index >= 15 is 0 Å². The smallest absolute Gasteiger partial charge is 0.220 e. The molecule has 5 N–H and O–H groups in total. The highest BCUT2D eigenvalue weighted by Crippen LogP contribution is 2.25. The van der Waals surface area contributed by atoms with E-state index in [1.165, 1.54) is 0 Å². The van der Waals surface area contributed by atoms with Gasteiger partial charge < -0.3 is 26.4 Å². The lowest BCUT2D eigenvalue weighted by Crippen LogP contribution is -2.44. The van der Waals surface area contributed by atoms with Crippen LogP contribution in [0.1, 0.15) is 37.8 Å². The van der Waals surface area contributed by atoms with Crippen molar-refractivity contribution in [1.29, 1.82) is 0 Å². The third-order valence-electron chi connectivity index (χ3n) is 5.56. The third kappa shape index (κ3) is 6.18. The van der Waals surface area contributed by atoms with Crippen LogP contribution in [0.25, 0.3) is 0 Å². The average Bonchev–Trinajstić information content (AvgIpc) is 3.32. The number of aliphatic hydroxyl groups is 1. The quantitative estimate of drug-likeness (QED) is 0.365. The first-order valence-electron chi connectivity index (χ1n) is 10.7. The lowest BCUT2D eigenvalue weighted by molar-refractivity contribution is -0.122. The molecule has 0 radical (unpaired) electrons. The number of nitrogens with zero attached hydrogens (tertiary/aromatic N) is 3. The molecule has 1 unspecified atom stereocenters. The summed E-state index contributed by atoms with van der Waals surface area (Å²) in [6, 6.07) is 5.86. The highest BCUT2D eigenvalue weighted by atomic mass is 32.1. The molecule has 0 spiro atoms. The number of amides is 1. The van der Waals surface area contributed by atoms with Crippen LogP contribution < -0.4 is 21.3 Å². The van der Waals surface area contributed by atoms with Crippen LogP contribution in [-0.2, 0) is 16.9 Å². The van der Waals surface area contributed by atoms with Gasteiger partial charge in [-0.15, -0.1) is 0 Å². The zero-order valence-corrected chi connectivity index (χ0v) is 19.0. The standard InChI is InChI=1S/C22H32N6O2S/c1-3-24-21(27-15-22(2,30)18-8-12-31-14-18)26-13-17-5-4-9-25-20(17)28-10-6-16(7-11-28)19(23)29/h4-5,8-9,12,14,16,30H,3,6-7,10-11,13,15H2,1-2H3,(H2,23,29)(H2,24,26,27). The van der Waals surface area contributed by atoms with Gasteiger partial charge in [-0.3, -0.25) is 4.79 Å². The molecule has 2 aromatic heterocycles. The molecule has 3 rings (SSSR count).